The lowest BCUT2D eigenvalue weighted by Crippen LogP contribution is -1.98. The van der Waals surface area contributed by atoms with Crippen molar-refractivity contribution in [3.63, 3.8) is 0 Å². The number of nitrogens with two attached hydrogens (primary N) is 1. The van der Waals surface area contributed by atoms with Crippen molar-refractivity contribution >= 4 is 11.3 Å². The zero-order valence-electron chi connectivity index (χ0n) is 12.4. The summed E-state index contributed by atoms with van der Waals surface area (Å²) in [5.74, 6) is 0.907. The summed E-state index contributed by atoms with van der Waals surface area (Å²) in [5.41, 5.74) is 9.34. The van der Waals surface area contributed by atoms with Crippen molar-refractivity contribution in [1.82, 2.24) is 4.98 Å². The van der Waals surface area contributed by atoms with Crippen LogP contribution in [0.2, 0.25) is 0 Å². The zero-order chi connectivity index (χ0) is 14.5. The molecular formula is C16H22N2OS. The van der Waals surface area contributed by atoms with Crippen LogP contribution in [0.4, 0.5) is 0 Å². The van der Waals surface area contributed by atoms with Crippen LogP contribution in [0, 0.1) is 13.8 Å². The SMILES string of the molecule is CCCc1nc(COc2cc(C)cc(C)c2)sc1CN. The molecule has 0 atom stereocenters. The molecule has 2 N–H and O–H groups in total. The van der Waals surface area contributed by atoms with Gasteiger partial charge in [0.1, 0.15) is 17.4 Å². The Labute approximate surface area is 124 Å². The lowest BCUT2D eigenvalue weighted by molar-refractivity contribution is 0.305. The Kier molecular flexibility index (Phi) is 5.15. The first-order valence-corrected chi connectivity index (χ1v) is 7.82. The molecule has 0 unspecified atom stereocenters. The van der Waals surface area contributed by atoms with Gasteiger partial charge in [0.25, 0.3) is 0 Å². The Morgan fingerprint density at radius 2 is 1.90 bits per heavy atom. The second-order valence-corrected chi connectivity index (χ2v) is 6.21. The van der Waals surface area contributed by atoms with Crippen LogP contribution in [-0.2, 0) is 19.6 Å². The molecule has 0 spiro atoms. The van der Waals surface area contributed by atoms with Crippen LogP contribution in [-0.4, -0.2) is 4.98 Å². The van der Waals surface area contributed by atoms with Gasteiger partial charge in [-0.15, -0.1) is 11.3 Å². The first-order chi connectivity index (χ1) is 9.62. The van der Waals surface area contributed by atoms with Crippen LogP contribution in [0.25, 0.3) is 0 Å². The monoisotopic (exact) mass is 290 g/mol. The lowest BCUT2D eigenvalue weighted by Gasteiger charge is -2.06. The molecule has 0 amide bonds. The second kappa shape index (κ2) is 6.86. The third-order valence-corrected chi connectivity index (χ3v) is 4.15. The molecule has 0 fully saturated rings. The molecule has 108 valence electrons. The number of thiazole rings is 1. The molecule has 3 nitrogen and oxygen atoms in total. The summed E-state index contributed by atoms with van der Waals surface area (Å²) in [7, 11) is 0. The molecule has 0 aliphatic rings. The Balaban J connectivity index is 2.06. The summed E-state index contributed by atoms with van der Waals surface area (Å²) in [6.45, 7) is 7.40. The topological polar surface area (TPSA) is 48.1 Å². The number of rotatable bonds is 6. The van der Waals surface area contributed by atoms with Crippen molar-refractivity contribution < 1.29 is 4.74 Å². The predicted octanol–water partition coefficient (Wildman–Crippen LogP) is 3.75. The highest BCUT2D eigenvalue weighted by molar-refractivity contribution is 7.11. The van der Waals surface area contributed by atoms with Crippen molar-refractivity contribution in [1.29, 1.82) is 0 Å². The highest BCUT2D eigenvalue weighted by Gasteiger charge is 2.10. The zero-order valence-corrected chi connectivity index (χ0v) is 13.2. The first kappa shape index (κ1) is 15.0. The molecule has 0 aliphatic carbocycles. The average molecular weight is 290 g/mol. The molecule has 0 saturated carbocycles. The highest BCUT2D eigenvalue weighted by Crippen LogP contribution is 2.22. The quantitative estimate of drug-likeness (QED) is 0.881. The summed E-state index contributed by atoms with van der Waals surface area (Å²) < 4.78 is 5.85. The minimum atomic E-state index is 0.518. The van der Waals surface area contributed by atoms with Crippen LogP contribution in [0.3, 0.4) is 0 Å². The maximum Gasteiger partial charge on any atom is 0.140 e. The Morgan fingerprint density at radius 1 is 1.20 bits per heavy atom. The van der Waals surface area contributed by atoms with Crippen molar-refractivity contribution in [3.8, 4) is 5.75 Å². The van der Waals surface area contributed by atoms with E-state index in [9.17, 15) is 0 Å². The number of hydrogen-bond donors (Lipinski definition) is 1. The Morgan fingerprint density at radius 3 is 2.50 bits per heavy atom. The Bertz CT molecular complexity index is 558. The molecule has 0 aliphatic heterocycles. The van der Waals surface area contributed by atoms with E-state index >= 15 is 0 Å². The van der Waals surface area contributed by atoms with Gasteiger partial charge in [0.05, 0.1) is 5.69 Å². The molecule has 1 aromatic carbocycles. The van der Waals surface area contributed by atoms with Crippen LogP contribution in [0.5, 0.6) is 5.75 Å². The van der Waals surface area contributed by atoms with Gasteiger partial charge < -0.3 is 10.5 Å². The van der Waals surface area contributed by atoms with Gasteiger partial charge in [-0.25, -0.2) is 4.98 Å². The molecule has 20 heavy (non-hydrogen) atoms. The molecule has 2 aromatic rings. The van der Waals surface area contributed by atoms with E-state index < -0.39 is 0 Å². The van der Waals surface area contributed by atoms with Crippen LogP contribution >= 0.6 is 11.3 Å². The minimum absolute atomic E-state index is 0.518. The molecule has 0 bridgehead atoms. The van der Waals surface area contributed by atoms with Crippen molar-refractivity contribution in [2.75, 3.05) is 0 Å². The van der Waals surface area contributed by atoms with Crippen LogP contribution in [0.1, 0.15) is 40.1 Å². The molecule has 2 rings (SSSR count). The van der Waals surface area contributed by atoms with Gasteiger partial charge in [0, 0.05) is 11.4 Å². The molecule has 4 heteroatoms. The maximum absolute atomic E-state index is 5.85. The first-order valence-electron chi connectivity index (χ1n) is 7.01. The predicted molar refractivity (Wildman–Crippen MR) is 84.2 cm³/mol. The van der Waals surface area contributed by atoms with Crippen molar-refractivity contribution in [2.24, 2.45) is 5.73 Å². The normalized spacial score (nSPS) is 10.8. The van der Waals surface area contributed by atoms with Gasteiger partial charge in [-0.05, 0) is 43.5 Å². The second-order valence-electron chi connectivity index (χ2n) is 5.04. The number of ether oxygens (including phenoxy) is 1. The van der Waals surface area contributed by atoms with Gasteiger partial charge >= 0.3 is 0 Å². The maximum atomic E-state index is 5.85. The van der Waals surface area contributed by atoms with E-state index in [1.54, 1.807) is 11.3 Å². The fourth-order valence-corrected chi connectivity index (χ4v) is 3.16. The highest BCUT2D eigenvalue weighted by atomic mass is 32.1. The fourth-order valence-electron chi connectivity index (χ4n) is 2.25. The van der Waals surface area contributed by atoms with E-state index in [4.69, 9.17) is 10.5 Å². The fraction of sp³-hybridized carbons (Fsp3) is 0.438. The Hall–Kier alpha value is -1.39. The molecule has 1 aromatic heterocycles. The van der Waals surface area contributed by atoms with E-state index in [1.165, 1.54) is 16.0 Å². The van der Waals surface area contributed by atoms with Crippen LogP contribution < -0.4 is 10.5 Å². The standard InChI is InChI=1S/C16H22N2OS/c1-4-5-14-15(9-17)20-16(18-14)10-19-13-7-11(2)6-12(3)8-13/h6-8H,4-5,9-10,17H2,1-3H3. The smallest absolute Gasteiger partial charge is 0.140 e. The van der Waals surface area contributed by atoms with Crippen molar-refractivity contribution in [3.05, 3.63) is 44.9 Å². The van der Waals surface area contributed by atoms with E-state index in [-0.39, 0.29) is 0 Å². The number of aromatic nitrogens is 1. The minimum Gasteiger partial charge on any atom is -0.486 e. The summed E-state index contributed by atoms with van der Waals surface area (Å²) in [5, 5.41) is 1.01. The van der Waals surface area contributed by atoms with Gasteiger partial charge in [0.15, 0.2) is 0 Å². The van der Waals surface area contributed by atoms with Gasteiger partial charge in [-0.2, -0.15) is 0 Å². The van der Waals surface area contributed by atoms with Gasteiger partial charge in [0.2, 0.25) is 0 Å². The van der Waals surface area contributed by atoms with E-state index in [0.717, 1.165) is 29.3 Å². The largest absolute Gasteiger partial charge is 0.486 e. The van der Waals surface area contributed by atoms with Gasteiger partial charge in [-0.1, -0.05) is 19.4 Å². The van der Waals surface area contributed by atoms with Crippen molar-refractivity contribution in [2.45, 2.75) is 46.8 Å². The van der Waals surface area contributed by atoms with E-state index in [2.05, 4.69) is 44.0 Å². The third kappa shape index (κ3) is 3.81. The van der Waals surface area contributed by atoms with Gasteiger partial charge in [-0.3, -0.25) is 0 Å². The summed E-state index contributed by atoms with van der Waals surface area (Å²) >= 11 is 1.67. The lowest BCUT2D eigenvalue weighted by atomic mass is 10.1. The van der Waals surface area contributed by atoms with Crippen LogP contribution in [0.15, 0.2) is 18.2 Å². The molecular weight excluding hydrogens is 268 g/mol. The number of aryl methyl sites for hydroxylation is 3. The molecule has 0 radical (unpaired) electrons. The summed E-state index contributed by atoms with van der Waals surface area (Å²) in [6.07, 6.45) is 2.08. The average Bonchev–Trinajstić information content (AvgIpc) is 2.78. The van der Waals surface area contributed by atoms with E-state index in [0.29, 0.717) is 13.2 Å². The number of nitrogens with zero attached hydrogens (tertiary/aromatic N) is 1. The summed E-state index contributed by atoms with van der Waals surface area (Å²) in [6, 6.07) is 6.25. The van der Waals surface area contributed by atoms with E-state index in [1.807, 2.05) is 0 Å². The summed E-state index contributed by atoms with van der Waals surface area (Å²) in [4.78, 5) is 5.83. The number of hydrogen-bond acceptors (Lipinski definition) is 4. The third-order valence-electron chi connectivity index (χ3n) is 3.05. The number of benzene rings is 1. The molecule has 0 saturated heterocycles. The molecule has 1 heterocycles.